The maximum Gasteiger partial charge on any atom is 0.221 e. The Balaban J connectivity index is 2.04. The van der Waals surface area contributed by atoms with E-state index in [9.17, 15) is 5.11 Å². The first-order valence-corrected chi connectivity index (χ1v) is 9.03. The Bertz CT molecular complexity index is 1390. The van der Waals surface area contributed by atoms with Crippen LogP contribution in [-0.2, 0) is 7.05 Å². The highest BCUT2D eigenvalue weighted by Gasteiger charge is 2.22. The minimum atomic E-state index is 0.198. The molecule has 3 nitrogen and oxygen atoms in total. The predicted molar refractivity (Wildman–Crippen MR) is 111 cm³/mol. The summed E-state index contributed by atoms with van der Waals surface area (Å²) in [5, 5.41) is 18.6. The van der Waals surface area contributed by atoms with Crippen molar-refractivity contribution < 1.29 is 14.4 Å². The molecule has 5 aromatic rings. The number of ether oxygens (including phenoxy) is 1. The van der Waals surface area contributed by atoms with Gasteiger partial charge in [-0.05, 0) is 46.5 Å². The fourth-order valence-electron chi connectivity index (χ4n) is 4.24. The Labute approximate surface area is 157 Å². The second kappa shape index (κ2) is 5.58. The summed E-state index contributed by atoms with van der Waals surface area (Å²) in [6.45, 7) is 2.04. The molecule has 1 heterocycles. The molecule has 0 aliphatic carbocycles. The van der Waals surface area contributed by atoms with Crippen LogP contribution >= 0.6 is 0 Å². The van der Waals surface area contributed by atoms with Crippen LogP contribution in [0.15, 0.2) is 60.7 Å². The summed E-state index contributed by atoms with van der Waals surface area (Å²) in [6, 6.07) is 21.1. The summed E-state index contributed by atoms with van der Waals surface area (Å²) in [7, 11) is 3.64. The third kappa shape index (κ3) is 2.12. The number of methoxy groups -OCH3 is 1. The van der Waals surface area contributed by atoms with Crippen LogP contribution in [0.5, 0.6) is 11.5 Å². The van der Waals surface area contributed by atoms with Gasteiger partial charge in [0.25, 0.3) is 0 Å². The Morgan fingerprint density at radius 3 is 2.26 bits per heavy atom. The maximum absolute atomic E-state index is 10.7. The summed E-state index contributed by atoms with van der Waals surface area (Å²) >= 11 is 0. The molecule has 132 valence electrons. The summed E-state index contributed by atoms with van der Waals surface area (Å²) in [4.78, 5) is 0. The third-order valence-electron chi connectivity index (χ3n) is 5.71. The molecule has 1 aromatic heterocycles. The van der Waals surface area contributed by atoms with Crippen molar-refractivity contribution in [2.24, 2.45) is 7.05 Å². The molecule has 0 bridgehead atoms. The second-order valence-electron chi connectivity index (χ2n) is 7.07. The van der Waals surface area contributed by atoms with Gasteiger partial charge in [-0.25, -0.2) is 0 Å². The van der Waals surface area contributed by atoms with E-state index < -0.39 is 0 Å². The van der Waals surface area contributed by atoms with E-state index in [-0.39, 0.29) is 5.75 Å². The minimum absolute atomic E-state index is 0.198. The van der Waals surface area contributed by atoms with E-state index in [1.807, 2.05) is 19.1 Å². The van der Waals surface area contributed by atoms with Crippen molar-refractivity contribution >= 4 is 43.2 Å². The molecular formula is C24H20NO2+. The lowest BCUT2D eigenvalue weighted by Crippen LogP contribution is -2.33. The molecule has 3 heteroatoms. The molecule has 0 saturated heterocycles. The Kier molecular flexibility index (Phi) is 3.28. The zero-order valence-electron chi connectivity index (χ0n) is 15.6. The van der Waals surface area contributed by atoms with E-state index in [4.69, 9.17) is 4.74 Å². The number of benzene rings is 4. The van der Waals surface area contributed by atoms with Gasteiger partial charge in [0, 0.05) is 12.3 Å². The molecule has 0 saturated carbocycles. The van der Waals surface area contributed by atoms with E-state index >= 15 is 0 Å². The van der Waals surface area contributed by atoms with Crippen molar-refractivity contribution in [2.45, 2.75) is 6.92 Å². The zero-order chi connectivity index (χ0) is 18.7. The number of hydrogen-bond donors (Lipinski definition) is 1. The topological polar surface area (TPSA) is 33.3 Å². The predicted octanol–water partition coefficient (Wildman–Crippen LogP) is 5.15. The number of phenols is 1. The van der Waals surface area contributed by atoms with E-state index in [0.717, 1.165) is 21.9 Å². The fourth-order valence-corrected chi connectivity index (χ4v) is 4.24. The van der Waals surface area contributed by atoms with Crippen LogP contribution in [0.1, 0.15) is 5.69 Å². The number of phenolic OH excluding ortho intramolecular Hbond substituents is 1. The molecule has 27 heavy (non-hydrogen) atoms. The summed E-state index contributed by atoms with van der Waals surface area (Å²) in [5.41, 5.74) is 2.18. The average Bonchev–Trinajstić information content (AvgIpc) is 2.69. The van der Waals surface area contributed by atoms with E-state index in [2.05, 4.69) is 60.1 Å². The molecule has 0 radical (unpaired) electrons. The summed E-state index contributed by atoms with van der Waals surface area (Å²) in [6.07, 6.45) is 0. The van der Waals surface area contributed by atoms with Crippen LogP contribution < -0.4 is 9.30 Å². The number of fused-ring (bicyclic) bond motifs is 6. The average molecular weight is 354 g/mol. The Hall–Kier alpha value is -3.33. The molecule has 5 rings (SSSR count). The monoisotopic (exact) mass is 354 g/mol. The van der Waals surface area contributed by atoms with Gasteiger partial charge in [0.15, 0.2) is 17.2 Å². The van der Waals surface area contributed by atoms with Crippen LogP contribution in [-0.4, -0.2) is 12.2 Å². The van der Waals surface area contributed by atoms with Crippen molar-refractivity contribution in [1.29, 1.82) is 0 Å². The number of aromatic hydroxyl groups is 1. The van der Waals surface area contributed by atoms with E-state index in [0.29, 0.717) is 5.75 Å². The highest BCUT2D eigenvalue weighted by Crippen LogP contribution is 2.39. The lowest BCUT2D eigenvalue weighted by molar-refractivity contribution is -0.649. The van der Waals surface area contributed by atoms with Gasteiger partial charge in [-0.2, -0.15) is 4.57 Å². The Morgan fingerprint density at radius 1 is 0.815 bits per heavy atom. The summed E-state index contributed by atoms with van der Waals surface area (Å²) < 4.78 is 7.49. The van der Waals surface area contributed by atoms with Crippen LogP contribution in [0.2, 0.25) is 0 Å². The lowest BCUT2D eigenvalue weighted by Gasteiger charge is -2.12. The molecule has 4 aromatic carbocycles. The second-order valence-corrected chi connectivity index (χ2v) is 7.07. The first kappa shape index (κ1) is 15.9. The number of nitrogens with zero attached hydrogens (tertiary/aromatic N) is 1. The number of pyridine rings is 1. The van der Waals surface area contributed by atoms with Crippen molar-refractivity contribution in [3.8, 4) is 11.5 Å². The number of hydrogen-bond acceptors (Lipinski definition) is 2. The third-order valence-corrected chi connectivity index (χ3v) is 5.71. The fraction of sp³-hybridized carbons (Fsp3) is 0.125. The largest absolute Gasteiger partial charge is 0.504 e. The van der Waals surface area contributed by atoms with Crippen LogP contribution in [0.3, 0.4) is 0 Å². The maximum atomic E-state index is 10.7. The zero-order valence-corrected chi connectivity index (χ0v) is 15.6. The standard InChI is InChI=1S/C24H19NO2/c1-14-22-18(10-11-21(27-3)24(22)26)19-9-8-17-12-15-6-4-5-7-16(15)13-20(17)23(19)25(14)2/h4-13H,1-3H3/p+1. The molecule has 0 spiro atoms. The first-order valence-electron chi connectivity index (χ1n) is 9.03. The van der Waals surface area contributed by atoms with E-state index in [1.54, 1.807) is 7.11 Å². The first-order chi connectivity index (χ1) is 13.1. The highest BCUT2D eigenvalue weighted by atomic mass is 16.5. The van der Waals surface area contributed by atoms with Gasteiger partial charge in [-0.1, -0.05) is 30.3 Å². The molecule has 0 aliphatic heterocycles. The molecule has 0 atom stereocenters. The van der Waals surface area contributed by atoms with Crippen LogP contribution in [0, 0.1) is 6.92 Å². The Morgan fingerprint density at radius 2 is 1.52 bits per heavy atom. The van der Waals surface area contributed by atoms with Gasteiger partial charge in [-0.3, -0.25) is 0 Å². The number of aryl methyl sites for hydroxylation is 2. The van der Waals surface area contributed by atoms with Crippen molar-refractivity contribution in [3.05, 3.63) is 66.4 Å². The van der Waals surface area contributed by atoms with E-state index in [1.165, 1.54) is 27.1 Å². The number of rotatable bonds is 1. The quantitative estimate of drug-likeness (QED) is 0.257. The molecule has 0 amide bonds. The van der Waals surface area contributed by atoms with Crippen molar-refractivity contribution in [2.75, 3.05) is 7.11 Å². The summed E-state index contributed by atoms with van der Waals surface area (Å²) in [5.74, 6) is 0.695. The smallest absolute Gasteiger partial charge is 0.221 e. The highest BCUT2D eigenvalue weighted by molar-refractivity contribution is 6.17. The van der Waals surface area contributed by atoms with Crippen molar-refractivity contribution in [3.63, 3.8) is 0 Å². The van der Waals surface area contributed by atoms with Gasteiger partial charge < -0.3 is 9.84 Å². The van der Waals surface area contributed by atoms with Gasteiger partial charge in [-0.15, -0.1) is 0 Å². The normalized spacial score (nSPS) is 11.7. The van der Waals surface area contributed by atoms with Crippen LogP contribution in [0.25, 0.3) is 43.2 Å². The molecule has 0 fully saturated rings. The molecule has 0 aliphatic rings. The lowest BCUT2D eigenvalue weighted by atomic mass is 9.96. The van der Waals surface area contributed by atoms with Crippen LogP contribution in [0.4, 0.5) is 0 Å². The van der Waals surface area contributed by atoms with Gasteiger partial charge >= 0.3 is 0 Å². The van der Waals surface area contributed by atoms with Crippen molar-refractivity contribution in [1.82, 2.24) is 0 Å². The molecule has 1 N–H and O–H groups in total. The number of aromatic nitrogens is 1. The van der Waals surface area contributed by atoms with Gasteiger partial charge in [0.1, 0.15) is 7.05 Å². The van der Waals surface area contributed by atoms with Gasteiger partial charge in [0.2, 0.25) is 5.52 Å². The molecule has 0 unspecified atom stereocenters. The molecular weight excluding hydrogens is 334 g/mol. The van der Waals surface area contributed by atoms with Gasteiger partial charge in [0.05, 0.1) is 23.3 Å². The minimum Gasteiger partial charge on any atom is -0.504 e. The SMILES string of the molecule is COc1ccc2c(c1O)c(C)[n+](C)c1c3cc4ccccc4cc3ccc21.